The largest absolute Gasteiger partial charge is 1.00 e. The molecule has 0 bridgehead atoms. The SMILES string of the molecule is C#CC(=O)[O-].C#CC(=O)[O-].[Na+].[Na+]. The molecule has 6 heteroatoms. The van der Waals surface area contributed by atoms with Crippen LogP contribution in [0.2, 0.25) is 0 Å². The van der Waals surface area contributed by atoms with Crippen LogP contribution in [0.3, 0.4) is 0 Å². The van der Waals surface area contributed by atoms with Gasteiger partial charge in [-0.1, -0.05) is 11.8 Å². The minimum absolute atomic E-state index is 0. The maximum atomic E-state index is 9.02. The molecule has 0 spiro atoms. The van der Waals surface area contributed by atoms with E-state index in [0.717, 1.165) is 0 Å². The first-order chi connectivity index (χ1) is 4.54. The first kappa shape index (κ1) is 22.7. The van der Waals surface area contributed by atoms with Gasteiger partial charge >= 0.3 is 59.1 Å². The van der Waals surface area contributed by atoms with E-state index >= 15 is 0 Å². The topological polar surface area (TPSA) is 80.3 Å². The van der Waals surface area contributed by atoms with E-state index in [4.69, 9.17) is 19.8 Å². The summed E-state index contributed by atoms with van der Waals surface area (Å²) < 4.78 is 0. The number of carboxylic acids is 2. The van der Waals surface area contributed by atoms with Gasteiger partial charge in [-0.25, -0.2) is 0 Å². The predicted molar refractivity (Wildman–Crippen MR) is 27.7 cm³/mol. The molecule has 0 heterocycles. The zero-order chi connectivity index (χ0) is 8.57. The summed E-state index contributed by atoms with van der Waals surface area (Å²) in [4.78, 5) is 18.0. The quantitative estimate of drug-likeness (QED) is 0.276. The van der Waals surface area contributed by atoms with Gasteiger partial charge in [0.1, 0.15) is 11.9 Å². The van der Waals surface area contributed by atoms with Crippen molar-refractivity contribution in [2.24, 2.45) is 0 Å². The van der Waals surface area contributed by atoms with Crippen LogP contribution < -0.4 is 69.3 Å². The van der Waals surface area contributed by atoms with E-state index in [-0.39, 0.29) is 59.1 Å². The Morgan fingerprint density at radius 2 is 1.00 bits per heavy atom. The molecule has 0 aromatic rings. The molecule has 0 atom stereocenters. The normalized spacial score (nSPS) is 4.50. The number of terminal acetylenes is 2. The molecule has 0 amide bonds. The van der Waals surface area contributed by atoms with E-state index in [1.54, 1.807) is 0 Å². The molecular weight excluding hydrogens is 182 g/mol. The van der Waals surface area contributed by atoms with Crippen molar-refractivity contribution in [1.29, 1.82) is 0 Å². The number of aliphatic carboxylic acids is 2. The number of rotatable bonds is 0. The molecule has 0 aliphatic heterocycles. The van der Waals surface area contributed by atoms with E-state index < -0.39 is 11.9 Å². The van der Waals surface area contributed by atoms with Crippen molar-refractivity contribution in [2.45, 2.75) is 0 Å². The minimum Gasteiger partial charge on any atom is -0.537 e. The fourth-order valence-electron chi connectivity index (χ4n) is 0. The second kappa shape index (κ2) is 17.2. The van der Waals surface area contributed by atoms with Crippen LogP contribution in [0.1, 0.15) is 0 Å². The molecule has 12 heavy (non-hydrogen) atoms. The first-order valence-electron chi connectivity index (χ1n) is 1.89. The number of hydrogen-bond donors (Lipinski definition) is 0. The zero-order valence-corrected chi connectivity index (χ0v) is 10.8. The fourth-order valence-corrected chi connectivity index (χ4v) is 0. The average molecular weight is 184 g/mol. The van der Waals surface area contributed by atoms with Gasteiger partial charge in [0, 0.05) is 0 Å². The van der Waals surface area contributed by atoms with Crippen LogP contribution >= 0.6 is 0 Å². The first-order valence-corrected chi connectivity index (χ1v) is 1.89. The van der Waals surface area contributed by atoms with E-state index in [1.165, 1.54) is 11.8 Å². The molecule has 0 radical (unpaired) electrons. The molecule has 0 fully saturated rings. The van der Waals surface area contributed by atoms with Crippen LogP contribution in [-0.2, 0) is 9.59 Å². The number of hydrogen-bond acceptors (Lipinski definition) is 4. The van der Waals surface area contributed by atoms with Gasteiger partial charge in [0.2, 0.25) is 0 Å². The molecule has 0 aliphatic carbocycles. The van der Waals surface area contributed by atoms with E-state index in [0.29, 0.717) is 0 Å². The van der Waals surface area contributed by atoms with Gasteiger partial charge in [0.15, 0.2) is 0 Å². The Labute approximate surface area is 114 Å². The molecule has 0 rings (SSSR count). The molecule has 0 N–H and O–H groups in total. The second-order valence-electron chi connectivity index (χ2n) is 0.864. The Bertz CT molecular complexity index is 187. The van der Waals surface area contributed by atoms with Crippen LogP contribution in [0.4, 0.5) is 0 Å². The van der Waals surface area contributed by atoms with Gasteiger partial charge in [0.25, 0.3) is 0 Å². The fraction of sp³-hybridized carbons (Fsp3) is 0. The summed E-state index contributed by atoms with van der Waals surface area (Å²) in [7, 11) is 0. The molecule has 0 saturated carbocycles. The van der Waals surface area contributed by atoms with Crippen LogP contribution in [0.15, 0.2) is 0 Å². The van der Waals surface area contributed by atoms with Crippen LogP contribution in [0.5, 0.6) is 0 Å². The maximum Gasteiger partial charge on any atom is 1.00 e. The van der Waals surface area contributed by atoms with Crippen molar-refractivity contribution in [1.82, 2.24) is 0 Å². The number of carbonyl (C=O) groups excluding carboxylic acids is 2. The second-order valence-corrected chi connectivity index (χ2v) is 0.864. The van der Waals surface area contributed by atoms with Gasteiger partial charge in [0.05, 0.1) is 0 Å². The van der Waals surface area contributed by atoms with Crippen LogP contribution in [0, 0.1) is 24.7 Å². The smallest absolute Gasteiger partial charge is 0.537 e. The number of carboxylic acid groups (broad SMARTS) is 2. The van der Waals surface area contributed by atoms with Crippen molar-refractivity contribution in [3.8, 4) is 24.7 Å². The zero-order valence-electron chi connectivity index (χ0n) is 6.79. The molecular formula is C6H2Na2O4. The number of carbonyl (C=O) groups is 2. The standard InChI is InChI=1S/2C3H2O2.2Na/c2*1-2-3(4)5;;/h2*1H,(H,4,5);;/q;;2*+1/p-2. The van der Waals surface area contributed by atoms with Gasteiger partial charge < -0.3 is 19.8 Å². The summed E-state index contributed by atoms with van der Waals surface area (Å²) in [5.41, 5.74) is 0. The summed E-state index contributed by atoms with van der Waals surface area (Å²) >= 11 is 0. The molecule has 0 aromatic carbocycles. The summed E-state index contributed by atoms with van der Waals surface area (Å²) in [5, 5.41) is 18.0. The summed E-state index contributed by atoms with van der Waals surface area (Å²) in [6.07, 6.45) is 8.52. The third-order valence-electron chi connectivity index (χ3n) is 0.236. The average Bonchev–Trinajstić information content (AvgIpc) is 1.89. The minimum atomic E-state index is -1.47. The summed E-state index contributed by atoms with van der Waals surface area (Å²) in [6, 6.07) is 0. The van der Waals surface area contributed by atoms with Gasteiger partial charge in [-0.2, -0.15) is 0 Å². The Morgan fingerprint density at radius 1 is 0.917 bits per heavy atom. The summed E-state index contributed by atoms with van der Waals surface area (Å²) in [6.45, 7) is 0. The van der Waals surface area contributed by atoms with Crippen molar-refractivity contribution in [3.63, 3.8) is 0 Å². The molecule has 0 saturated heterocycles. The van der Waals surface area contributed by atoms with E-state index in [1.807, 2.05) is 0 Å². The van der Waals surface area contributed by atoms with Gasteiger partial charge in [-0.05, 0) is 0 Å². The van der Waals surface area contributed by atoms with E-state index in [9.17, 15) is 0 Å². The van der Waals surface area contributed by atoms with Gasteiger partial charge in [-0.3, -0.25) is 0 Å². The third kappa shape index (κ3) is 50.1. The third-order valence-corrected chi connectivity index (χ3v) is 0.236. The van der Waals surface area contributed by atoms with Crippen LogP contribution in [0.25, 0.3) is 0 Å². The Balaban J connectivity index is -0.0000000457. The van der Waals surface area contributed by atoms with Crippen LogP contribution in [-0.4, -0.2) is 11.9 Å². The van der Waals surface area contributed by atoms with Gasteiger partial charge in [-0.15, -0.1) is 12.8 Å². The Kier molecular flexibility index (Phi) is 32.6. The molecule has 4 nitrogen and oxygen atoms in total. The molecule has 0 aromatic heterocycles. The van der Waals surface area contributed by atoms with Crippen molar-refractivity contribution >= 4 is 11.9 Å². The van der Waals surface area contributed by atoms with Crippen molar-refractivity contribution in [2.75, 3.05) is 0 Å². The summed E-state index contributed by atoms with van der Waals surface area (Å²) in [5.74, 6) is -0.269. The maximum absolute atomic E-state index is 9.02. The predicted octanol–water partition coefficient (Wildman–Crippen LogP) is -9.25. The monoisotopic (exact) mass is 184 g/mol. The molecule has 0 aliphatic rings. The Hall–Kier alpha value is 0.0600. The molecule has 52 valence electrons. The molecule has 0 unspecified atom stereocenters. The van der Waals surface area contributed by atoms with E-state index in [2.05, 4.69) is 12.8 Å². The Morgan fingerprint density at radius 3 is 1.00 bits per heavy atom. The van der Waals surface area contributed by atoms with Crippen molar-refractivity contribution < 1.29 is 78.9 Å². The van der Waals surface area contributed by atoms with Crippen molar-refractivity contribution in [3.05, 3.63) is 0 Å².